The molecule has 12 heteroatoms. The number of hydrogen-bond acceptors (Lipinski definition) is 6. The van der Waals surface area contributed by atoms with Crippen LogP contribution in [0.5, 0.6) is 11.5 Å². The minimum Gasteiger partial charge on any atom is -0.497 e. The first kappa shape index (κ1) is 29.1. The molecule has 0 saturated carbocycles. The number of carbonyl (C=O) groups is 1. The van der Waals surface area contributed by atoms with Crippen LogP contribution >= 0.6 is 0 Å². The van der Waals surface area contributed by atoms with Crippen LogP contribution in [0.3, 0.4) is 0 Å². The third-order valence-electron chi connectivity index (χ3n) is 6.70. The summed E-state index contributed by atoms with van der Waals surface area (Å²) in [6.45, 7) is 2.32. The Hall–Kier alpha value is -3.93. The van der Waals surface area contributed by atoms with Gasteiger partial charge in [0.15, 0.2) is 0 Å². The minimum atomic E-state index is -4.45. The van der Waals surface area contributed by atoms with Gasteiger partial charge in [0.1, 0.15) is 22.9 Å². The smallest absolute Gasteiger partial charge is 0.416 e. The third kappa shape index (κ3) is 6.27. The number of carbonyl (C=O) groups excluding carboxylic acids is 1. The Morgan fingerprint density at radius 2 is 1.60 bits per heavy atom. The monoisotopic (exact) mass is 577 g/mol. The number of amides is 1. The van der Waals surface area contributed by atoms with E-state index in [0.29, 0.717) is 30.1 Å². The molecule has 0 bridgehead atoms. The maximum Gasteiger partial charge on any atom is 0.416 e. The third-order valence-corrected chi connectivity index (χ3v) is 8.49. The first-order chi connectivity index (χ1) is 18.9. The lowest BCUT2D eigenvalue weighted by Crippen LogP contribution is -2.52. The molecule has 1 amide bonds. The van der Waals surface area contributed by atoms with Crippen molar-refractivity contribution in [1.29, 1.82) is 0 Å². The Balaban J connectivity index is 1.57. The lowest BCUT2D eigenvalue weighted by atomic mass is 10.1. The zero-order valence-electron chi connectivity index (χ0n) is 22.3. The highest BCUT2D eigenvalue weighted by molar-refractivity contribution is 7.93. The van der Waals surface area contributed by atoms with Crippen molar-refractivity contribution in [2.24, 2.45) is 0 Å². The Bertz CT molecular complexity index is 1450. The van der Waals surface area contributed by atoms with Gasteiger partial charge in [0.25, 0.3) is 10.0 Å². The Morgan fingerprint density at radius 3 is 2.20 bits per heavy atom. The van der Waals surface area contributed by atoms with Crippen LogP contribution < -0.4 is 18.7 Å². The summed E-state index contributed by atoms with van der Waals surface area (Å²) in [5.41, 5.74) is 0.637. The molecule has 0 atom stereocenters. The van der Waals surface area contributed by atoms with Crippen molar-refractivity contribution in [2.45, 2.75) is 18.0 Å². The van der Waals surface area contributed by atoms with E-state index in [9.17, 15) is 26.4 Å². The molecule has 1 aliphatic rings. The number of nitrogens with zero attached hydrogens (tertiary/aromatic N) is 3. The van der Waals surface area contributed by atoms with E-state index in [2.05, 4.69) is 0 Å². The number of methoxy groups -OCH3 is 2. The number of piperazine rings is 1. The number of anilines is 2. The molecular formula is C28H30F3N3O5S. The van der Waals surface area contributed by atoms with E-state index in [0.717, 1.165) is 16.4 Å². The molecule has 214 valence electrons. The topological polar surface area (TPSA) is 79.4 Å². The summed E-state index contributed by atoms with van der Waals surface area (Å²) in [4.78, 5) is 16.6. The van der Waals surface area contributed by atoms with Crippen LogP contribution in [-0.2, 0) is 21.0 Å². The lowest BCUT2D eigenvalue weighted by molar-refractivity contribution is -0.137. The van der Waals surface area contributed by atoms with Gasteiger partial charge in [-0.05, 0) is 67.1 Å². The predicted octanol–water partition coefficient (Wildman–Crippen LogP) is 4.58. The van der Waals surface area contributed by atoms with Gasteiger partial charge in [0.05, 0.1) is 25.5 Å². The van der Waals surface area contributed by atoms with Crippen molar-refractivity contribution in [2.75, 3.05) is 56.1 Å². The molecule has 3 aromatic carbocycles. The van der Waals surface area contributed by atoms with Gasteiger partial charge in [0.2, 0.25) is 5.91 Å². The number of sulfonamides is 1. The number of alkyl halides is 3. The molecule has 8 nitrogen and oxygen atoms in total. The number of rotatable bonds is 8. The quantitative estimate of drug-likeness (QED) is 0.390. The van der Waals surface area contributed by atoms with Crippen LogP contribution in [0.15, 0.2) is 71.6 Å². The highest BCUT2D eigenvalue weighted by Gasteiger charge is 2.34. The molecule has 1 fully saturated rings. The maximum absolute atomic E-state index is 13.9. The molecule has 0 unspecified atom stereocenters. The van der Waals surface area contributed by atoms with Crippen molar-refractivity contribution < 1.29 is 35.9 Å². The number of aryl methyl sites for hydroxylation is 1. The summed E-state index contributed by atoms with van der Waals surface area (Å²) in [6, 6.07) is 16.1. The average molecular weight is 578 g/mol. The summed E-state index contributed by atoms with van der Waals surface area (Å²) in [6.07, 6.45) is -4.45. The zero-order chi connectivity index (χ0) is 29.1. The van der Waals surface area contributed by atoms with Crippen molar-refractivity contribution in [3.8, 4) is 11.5 Å². The summed E-state index contributed by atoms with van der Waals surface area (Å²) < 4.78 is 78.9. The second-order valence-electron chi connectivity index (χ2n) is 9.28. The van der Waals surface area contributed by atoms with Crippen LogP contribution in [0.4, 0.5) is 24.5 Å². The van der Waals surface area contributed by atoms with E-state index in [-0.39, 0.29) is 29.4 Å². The molecule has 4 rings (SSSR count). The van der Waals surface area contributed by atoms with Gasteiger partial charge in [-0.15, -0.1) is 0 Å². The fourth-order valence-electron chi connectivity index (χ4n) is 4.48. The molecule has 3 aromatic rings. The number of halogens is 3. The average Bonchev–Trinajstić information content (AvgIpc) is 2.95. The molecule has 1 aliphatic heterocycles. The molecule has 0 N–H and O–H groups in total. The highest BCUT2D eigenvalue weighted by Crippen LogP contribution is 2.33. The van der Waals surface area contributed by atoms with E-state index in [1.54, 1.807) is 54.3 Å². The van der Waals surface area contributed by atoms with Crippen molar-refractivity contribution in [1.82, 2.24) is 4.90 Å². The number of ether oxygens (including phenoxy) is 2. The predicted molar refractivity (Wildman–Crippen MR) is 145 cm³/mol. The van der Waals surface area contributed by atoms with Crippen LogP contribution in [0.2, 0.25) is 0 Å². The Morgan fingerprint density at radius 1 is 0.925 bits per heavy atom. The van der Waals surface area contributed by atoms with Crippen LogP contribution in [0, 0.1) is 6.92 Å². The fraction of sp³-hybridized carbons (Fsp3) is 0.321. The fourth-order valence-corrected chi connectivity index (χ4v) is 6.14. The standard InChI is InChI=1S/C28H30F3N3O5S/c1-20-7-12-25(39-3)26(17-20)40(36,37)34(22-8-10-24(38-2)11-9-22)19-27(35)33-15-13-32(14-16-33)23-6-4-5-21(18-23)28(29,30)31/h4-12,17-18H,13-16,19H2,1-3H3. The largest absolute Gasteiger partial charge is 0.497 e. The van der Waals surface area contributed by atoms with Crippen LogP contribution in [0.1, 0.15) is 11.1 Å². The van der Waals surface area contributed by atoms with Crippen LogP contribution in [0.25, 0.3) is 0 Å². The molecular weight excluding hydrogens is 547 g/mol. The highest BCUT2D eigenvalue weighted by atomic mass is 32.2. The first-order valence-electron chi connectivity index (χ1n) is 12.5. The normalized spacial score (nSPS) is 14.2. The molecule has 40 heavy (non-hydrogen) atoms. The summed E-state index contributed by atoms with van der Waals surface area (Å²) in [5.74, 6) is 0.229. The summed E-state index contributed by atoms with van der Waals surface area (Å²) >= 11 is 0. The molecule has 0 aliphatic carbocycles. The molecule has 1 heterocycles. The van der Waals surface area contributed by atoms with Crippen LogP contribution in [-0.4, -0.2) is 66.2 Å². The van der Waals surface area contributed by atoms with E-state index < -0.39 is 34.2 Å². The molecule has 0 radical (unpaired) electrons. The molecule has 1 saturated heterocycles. The zero-order valence-corrected chi connectivity index (χ0v) is 23.1. The van der Waals surface area contributed by atoms with Crippen molar-refractivity contribution >= 4 is 27.3 Å². The van der Waals surface area contributed by atoms with Gasteiger partial charge in [-0.1, -0.05) is 12.1 Å². The summed E-state index contributed by atoms with van der Waals surface area (Å²) in [5, 5.41) is 0. The van der Waals surface area contributed by atoms with E-state index in [4.69, 9.17) is 9.47 Å². The van der Waals surface area contributed by atoms with E-state index in [1.807, 2.05) is 0 Å². The van der Waals surface area contributed by atoms with Gasteiger partial charge in [-0.3, -0.25) is 9.10 Å². The lowest BCUT2D eigenvalue weighted by Gasteiger charge is -2.37. The summed E-state index contributed by atoms with van der Waals surface area (Å²) in [7, 11) is -1.38. The van der Waals surface area contributed by atoms with Gasteiger partial charge in [0, 0.05) is 31.9 Å². The molecule has 0 aromatic heterocycles. The second-order valence-corrected chi connectivity index (χ2v) is 11.1. The first-order valence-corrected chi connectivity index (χ1v) is 13.9. The van der Waals surface area contributed by atoms with Crippen molar-refractivity contribution in [3.05, 3.63) is 77.9 Å². The number of hydrogen-bond donors (Lipinski definition) is 0. The number of benzene rings is 3. The van der Waals surface area contributed by atoms with Crippen molar-refractivity contribution in [3.63, 3.8) is 0 Å². The van der Waals surface area contributed by atoms with Gasteiger partial charge in [-0.25, -0.2) is 8.42 Å². The Labute approximate surface area is 231 Å². The van der Waals surface area contributed by atoms with E-state index >= 15 is 0 Å². The molecule has 0 spiro atoms. The van der Waals surface area contributed by atoms with E-state index in [1.165, 1.54) is 31.3 Å². The second kappa shape index (κ2) is 11.7. The SMILES string of the molecule is COc1ccc(N(CC(=O)N2CCN(c3cccc(C(F)(F)F)c3)CC2)S(=O)(=O)c2cc(C)ccc2OC)cc1. The van der Waals surface area contributed by atoms with Gasteiger partial charge >= 0.3 is 6.18 Å². The minimum absolute atomic E-state index is 0.0759. The van der Waals surface area contributed by atoms with Gasteiger partial charge in [-0.2, -0.15) is 13.2 Å². The maximum atomic E-state index is 13.9. The Kier molecular flexibility index (Phi) is 8.48. The van der Waals surface area contributed by atoms with Gasteiger partial charge < -0.3 is 19.3 Å².